The van der Waals surface area contributed by atoms with E-state index in [0.29, 0.717) is 12.3 Å². The molecule has 0 bridgehead atoms. The number of nitrogens with one attached hydrogen (secondary N) is 1. The number of hydrogen-bond donors (Lipinski definition) is 2. The first-order chi connectivity index (χ1) is 8.58. The average molecular weight is 272 g/mol. The topological polar surface area (TPSA) is 69.6 Å². The van der Waals surface area contributed by atoms with Crippen LogP contribution < -0.4 is 5.32 Å². The molecule has 1 aliphatic heterocycles. The maximum absolute atomic E-state index is 12.2. The number of urea groups is 1. The molecule has 2 N–H and O–H groups in total. The Balaban J connectivity index is 2.00. The van der Waals surface area contributed by atoms with Crippen LogP contribution in [0.25, 0.3) is 0 Å². The number of aliphatic carboxylic acids is 1. The van der Waals surface area contributed by atoms with Gasteiger partial charge < -0.3 is 15.3 Å². The molecule has 0 aromatic carbocycles. The lowest BCUT2D eigenvalue weighted by atomic mass is 9.75. The predicted molar refractivity (Wildman–Crippen MR) is 70.9 cm³/mol. The van der Waals surface area contributed by atoms with Gasteiger partial charge in [0.15, 0.2) is 0 Å². The summed E-state index contributed by atoms with van der Waals surface area (Å²) in [6, 6.07) is -0.887. The summed E-state index contributed by atoms with van der Waals surface area (Å²) in [6.07, 6.45) is 4.08. The minimum Gasteiger partial charge on any atom is -0.480 e. The van der Waals surface area contributed by atoms with Crippen LogP contribution in [0.4, 0.5) is 4.79 Å². The van der Waals surface area contributed by atoms with E-state index in [2.05, 4.69) is 12.2 Å². The Morgan fingerprint density at radius 2 is 2.22 bits per heavy atom. The molecule has 102 valence electrons. The van der Waals surface area contributed by atoms with Gasteiger partial charge in [0, 0.05) is 23.6 Å². The number of nitrogens with zero attached hydrogens (tertiary/aromatic N) is 1. The normalized spacial score (nSPS) is 26.3. The molecule has 1 heterocycles. The van der Waals surface area contributed by atoms with Crippen molar-refractivity contribution in [1.29, 1.82) is 0 Å². The number of carboxylic acid groups (broad SMARTS) is 1. The van der Waals surface area contributed by atoms with Crippen molar-refractivity contribution in [3.05, 3.63) is 0 Å². The summed E-state index contributed by atoms with van der Waals surface area (Å²) in [7, 11) is 0. The van der Waals surface area contributed by atoms with Crippen LogP contribution in [-0.4, -0.2) is 51.6 Å². The van der Waals surface area contributed by atoms with Crippen molar-refractivity contribution in [2.45, 2.75) is 44.2 Å². The van der Waals surface area contributed by atoms with Gasteiger partial charge in [0.2, 0.25) is 0 Å². The molecular weight excluding hydrogens is 252 g/mol. The first kappa shape index (κ1) is 13.5. The lowest BCUT2D eigenvalue weighted by Crippen LogP contribution is -2.61. The number of carboxylic acids is 1. The Morgan fingerprint density at radius 3 is 2.72 bits per heavy atom. The monoisotopic (exact) mass is 272 g/mol. The highest BCUT2D eigenvalue weighted by atomic mass is 32.2. The second kappa shape index (κ2) is 5.38. The van der Waals surface area contributed by atoms with E-state index in [-0.39, 0.29) is 11.6 Å². The largest absolute Gasteiger partial charge is 0.480 e. The third-order valence-electron chi connectivity index (χ3n) is 4.03. The van der Waals surface area contributed by atoms with Crippen LogP contribution in [-0.2, 0) is 4.79 Å². The number of amides is 2. The zero-order valence-corrected chi connectivity index (χ0v) is 11.5. The van der Waals surface area contributed by atoms with E-state index < -0.39 is 12.0 Å². The lowest BCUT2D eigenvalue weighted by Gasteiger charge is -2.44. The summed E-state index contributed by atoms with van der Waals surface area (Å²) in [6.45, 7) is 2.59. The van der Waals surface area contributed by atoms with Gasteiger partial charge in [0.05, 0.1) is 0 Å². The minimum atomic E-state index is -0.906. The third-order valence-corrected chi connectivity index (χ3v) is 5.06. The van der Waals surface area contributed by atoms with E-state index in [1.807, 2.05) is 0 Å². The molecule has 0 aromatic heterocycles. The summed E-state index contributed by atoms with van der Waals surface area (Å²) in [5.41, 5.74) is -0.0786. The van der Waals surface area contributed by atoms with Crippen molar-refractivity contribution in [1.82, 2.24) is 10.2 Å². The molecule has 2 amide bonds. The Kier molecular flexibility index (Phi) is 4.04. The van der Waals surface area contributed by atoms with E-state index in [4.69, 9.17) is 5.11 Å². The molecule has 2 rings (SSSR count). The van der Waals surface area contributed by atoms with Crippen LogP contribution in [0.5, 0.6) is 0 Å². The molecule has 1 saturated carbocycles. The summed E-state index contributed by atoms with van der Waals surface area (Å²) in [5, 5.41) is 12.2. The van der Waals surface area contributed by atoms with Crippen LogP contribution in [0.15, 0.2) is 0 Å². The standard InChI is InChI=1S/C12H20N2O3S/c1-2-12(4-3-5-12)13-11(17)14-6-7-18-8-9(14)10(15)16/h9H,2-8H2,1H3,(H,13,17)(H,15,16). The molecule has 2 aliphatic rings. The van der Waals surface area contributed by atoms with Gasteiger partial charge in [-0.2, -0.15) is 11.8 Å². The molecule has 2 fully saturated rings. The summed E-state index contributed by atoms with van der Waals surface area (Å²) < 4.78 is 0. The van der Waals surface area contributed by atoms with Gasteiger partial charge >= 0.3 is 12.0 Å². The summed E-state index contributed by atoms with van der Waals surface area (Å²) in [5.74, 6) is 0.398. The number of carbonyl (C=O) groups is 2. The number of thioether (sulfide) groups is 1. The minimum absolute atomic E-state index is 0.0786. The predicted octanol–water partition coefficient (Wildman–Crippen LogP) is 1.53. The van der Waals surface area contributed by atoms with Gasteiger partial charge in [0.1, 0.15) is 6.04 Å². The maximum Gasteiger partial charge on any atom is 0.327 e. The third kappa shape index (κ3) is 2.58. The highest BCUT2D eigenvalue weighted by Crippen LogP contribution is 2.35. The van der Waals surface area contributed by atoms with Crippen LogP contribution >= 0.6 is 11.8 Å². The molecule has 18 heavy (non-hydrogen) atoms. The van der Waals surface area contributed by atoms with Crippen LogP contribution in [0.3, 0.4) is 0 Å². The Bertz CT molecular complexity index is 339. The van der Waals surface area contributed by atoms with Crippen molar-refractivity contribution < 1.29 is 14.7 Å². The van der Waals surface area contributed by atoms with E-state index in [0.717, 1.165) is 31.4 Å². The Labute approximate surface area is 111 Å². The van der Waals surface area contributed by atoms with Gasteiger partial charge in [-0.25, -0.2) is 9.59 Å². The van der Waals surface area contributed by atoms with E-state index in [1.54, 1.807) is 11.8 Å². The van der Waals surface area contributed by atoms with Crippen molar-refractivity contribution in [3.63, 3.8) is 0 Å². The Morgan fingerprint density at radius 1 is 1.50 bits per heavy atom. The maximum atomic E-state index is 12.2. The van der Waals surface area contributed by atoms with Gasteiger partial charge in [-0.3, -0.25) is 0 Å². The first-order valence-corrected chi connectivity index (χ1v) is 7.63. The van der Waals surface area contributed by atoms with Gasteiger partial charge in [-0.15, -0.1) is 0 Å². The van der Waals surface area contributed by atoms with Crippen molar-refractivity contribution in [2.75, 3.05) is 18.1 Å². The highest BCUT2D eigenvalue weighted by Gasteiger charge is 2.40. The van der Waals surface area contributed by atoms with Gasteiger partial charge in [-0.05, 0) is 25.7 Å². The molecule has 1 aliphatic carbocycles. The average Bonchev–Trinajstić information content (AvgIpc) is 2.33. The Hall–Kier alpha value is -0.910. The van der Waals surface area contributed by atoms with Crippen molar-refractivity contribution >= 4 is 23.8 Å². The fraction of sp³-hybridized carbons (Fsp3) is 0.833. The molecule has 0 spiro atoms. The fourth-order valence-electron chi connectivity index (χ4n) is 2.52. The molecular formula is C12H20N2O3S. The SMILES string of the molecule is CCC1(NC(=O)N2CCSCC2C(=O)O)CCC1. The van der Waals surface area contributed by atoms with Gasteiger partial charge in [0.25, 0.3) is 0 Å². The molecule has 5 nitrogen and oxygen atoms in total. The fourth-order valence-corrected chi connectivity index (χ4v) is 3.56. The first-order valence-electron chi connectivity index (χ1n) is 6.47. The number of rotatable bonds is 3. The quantitative estimate of drug-likeness (QED) is 0.817. The van der Waals surface area contributed by atoms with E-state index >= 15 is 0 Å². The molecule has 6 heteroatoms. The van der Waals surface area contributed by atoms with Crippen LogP contribution in [0.2, 0.25) is 0 Å². The van der Waals surface area contributed by atoms with Gasteiger partial charge in [-0.1, -0.05) is 6.92 Å². The second-order valence-electron chi connectivity index (χ2n) is 5.04. The summed E-state index contributed by atoms with van der Waals surface area (Å²) in [4.78, 5) is 24.9. The van der Waals surface area contributed by atoms with E-state index in [9.17, 15) is 9.59 Å². The molecule has 1 unspecified atom stereocenters. The lowest BCUT2D eigenvalue weighted by molar-refractivity contribution is -0.141. The molecule has 1 saturated heterocycles. The zero-order chi connectivity index (χ0) is 13.2. The zero-order valence-electron chi connectivity index (χ0n) is 10.6. The van der Waals surface area contributed by atoms with Crippen LogP contribution in [0.1, 0.15) is 32.6 Å². The highest BCUT2D eigenvalue weighted by molar-refractivity contribution is 7.99. The smallest absolute Gasteiger partial charge is 0.327 e. The van der Waals surface area contributed by atoms with Crippen molar-refractivity contribution in [3.8, 4) is 0 Å². The summed E-state index contributed by atoms with van der Waals surface area (Å²) >= 11 is 1.59. The molecule has 0 radical (unpaired) electrons. The number of hydrogen-bond acceptors (Lipinski definition) is 3. The van der Waals surface area contributed by atoms with Crippen molar-refractivity contribution in [2.24, 2.45) is 0 Å². The molecule has 1 atom stereocenters. The molecule has 0 aromatic rings. The second-order valence-corrected chi connectivity index (χ2v) is 6.19. The number of carbonyl (C=O) groups excluding carboxylic acids is 1. The van der Waals surface area contributed by atoms with E-state index in [1.165, 1.54) is 4.90 Å². The van der Waals surface area contributed by atoms with Crippen LogP contribution in [0, 0.1) is 0 Å².